The Morgan fingerprint density at radius 2 is 2.09 bits per heavy atom. The second kappa shape index (κ2) is 6.82. The van der Waals surface area contributed by atoms with E-state index >= 15 is 0 Å². The Balaban J connectivity index is 1.56. The minimum absolute atomic E-state index is 0.185. The summed E-state index contributed by atoms with van der Waals surface area (Å²) in [4.78, 5) is 14.8. The molecule has 1 aliphatic carbocycles. The smallest absolute Gasteiger partial charge is 0.226 e. The fourth-order valence-corrected chi connectivity index (χ4v) is 4.08. The summed E-state index contributed by atoms with van der Waals surface area (Å²) in [5, 5.41) is 4.37. The number of aromatic nitrogens is 2. The van der Waals surface area contributed by atoms with Crippen molar-refractivity contribution < 1.29 is 4.79 Å². The number of piperidine rings is 1. The second-order valence-electron chi connectivity index (χ2n) is 6.76. The van der Waals surface area contributed by atoms with E-state index in [1.807, 2.05) is 10.9 Å². The second-order valence-corrected chi connectivity index (χ2v) is 6.76. The number of aryl methyl sites for hydroxylation is 1. The number of hydrogen-bond acceptors (Lipinski definition) is 3. The van der Waals surface area contributed by atoms with Crippen LogP contribution in [0, 0.1) is 11.8 Å². The number of nitrogens with two attached hydrogens (primary N) is 1. The first kappa shape index (κ1) is 15.5. The van der Waals surface area contributed by atoms with Crippen LogP contribution in [0.1, 0.15) is 50.5 Å². The quantitative estimate of drug-likeness (QED) is 0.925. The summed E-state index contributed by atoms with van der Waals surface area (Å²) >= 11 is 0. The van der Waals surface area contributed by atoms with Crippen LogP contribution in [-0.4, -0.2) is 40.2 Å². The van der Waals surface area contributed by atoms with Crippen LogP contribution in [0.2, 0.25) is 0 Å². The molecule has 1 amide bonds. The number of nitrogens with zero attached hydrogens (tertiary/aromatic N) is 3. The summed E-state index contributed by atoms with van der Waals surface area (Å²) in [6.07, 6.45) is 9.58. The van der Waals surface area contributed by atoms with Gasteiger partial charge in [0.05, 0.1) is 6.20 Å². The zero-order valence-electron chi connectivity index (χ0n) is 13.6. The first-order valence-corrected chi connectivity index (χ1v) is 8.74. The lowest BCUT2D eigenvalue weighted by Gasteiger charge is -2.34. The van der Waals surface area contributed by atoms with Gasteiger partial charge in [-0.3, -0.25) is 9.48 Å². The number of likely N-dealkylation sites (tertiary alicyclic amines) is 1. The van der Waals surface area contributed by atoms with Crippen molar-refractivity contribution in [3.05, 3.63) is 18.0 Å². The zero-order chi connectivity index (χ0) is 15.5. The predicted octanol–water partition coefficient (Wildman–Crippen LogP) is 1.98. The number of amides is 1. The van der Waals surface area contributed by atoms with Crippen molar-refractivity contribution in [2.75, 3.05) is 19.6 Å². The Bertz CT molecular complexity index is 505. The van der Waals surface area contributed by atoms with Crippen molar-refractivity contribution >= 4 is 5.91 Å². The third-order valence-electron chi connectivity index (χ3n) is 5.53. The van der Waals surface area contributed by atoms with Gasteiger partial charge in [0.1, 0.15) is 0 Å². The molecule has 2 aliphatic rings. The molecule has 1 saturated carbocycles. The van der Waals surface area contributed by atoms with Crippen molar-refractivity contribution in [1.82, 2.24) is 14.7 Å². The van der Waals surface area contributed by atoms with E-state index in [1.165, 1.54) is 5.56 Å². The van der Waals surface area contributed by atoms with Gasteiger partial charge in [0, 0.05) is 31.7 Å². The minimum atomic E-state index is 0.185. The Morgan fingerprint density at radius 1 is 1.32 bits per heavy atom. The summed E-state index contributed by atoms with van der Waals surface area (Å²) in [6, 6.07) is 0. The molecule has 0 radical (unpaired) electrons. The highest BCUT2D eigenvalue weighted by atomic mass is 16.2. The molecule has 2 fully saturated rings. The highest BCUT2D eigenvalue weighted by Gasteiger charge is 2.36. The Morgan fingerprint density at radius 3 is 2.73 bits per heavy atom. The highest BCUT2D eigenvalue weighted by molar-refractivity contribution is 5.79. The van der Waals surface area contributed by atoms with Gasteiger partial charge in [-0.15, -0.1) is 0 Å². The maximum Gasteiger partial charge on any atom is 0.226 e. The monoisotopic (exact) mass is 304 g/mol. The Labute approximate surface area is 132 Å². The van der Waals surface area contributed by atoms with Crippen LogP contribution in [0.5, 0.6) is 0 Å². The summed E-state index contributed by atoms with van der Waals surface area (Å²) < 4.78 is 1.98. The molecule has 1 aromatic rings. The van der Waals surface area contributed by atoms with Gasteiger partial charge in [-0.05, 0) is 56.6 Å². The molecule has 0 unspecified atom stereocenters. The molecule has 2 heterocycles. The molecular weight excluding hydrogens is 276 g/mol. The Hall–Kier alpha value is -1.36. The molecule has 0 bridgehead atoms. The summed E-state index contributed by atoms with van der Waals surface area (Å²) in [5.41, 5.74) is 7.15. The Kier molecular flexibility index (Phi) is 4.81. The predicted molar refractivity (Wildman–Crippen MR) is 86.3 cm³/mol. The maximum absolute atomic E-state index is 12.7. The number of hydrogen-bond donors (Lipinski definition) is 1. The molecule has 5 heteroatoms. The topological polar surface area (TPSA) is 64.2 Å². The normalized spacial score (nSPS) is 26.5. The summed E-state index contributed by atoms with van der Waals surface area (Å²) in [5.74, 6) is 1.51. The van der Waals surface area contributed by atoms with Crippen molar-refractivity contribution in [3.8, 4) is 0 Å². The van der Waals surface area contributed by atoms with Gasteiger partial charge in [0.15, 0.2) is 0 Å². The third-order valence-corrected chi connectivity index (χ3v) is 5.53. The first-order chi connectivity index (χ1) is 10.7. The average Bonchev–Trinajstić information content (AvgIpc) is 3.23. The molecule has 1 saturated heterocycles. The fraction of sp³-hybridized carbons (Fsp3) is 0.765. The fourth-order valence-electron chi connectivity index (χ4n) is 4.08. The van der Waals surface area contributed by atoms with E-state index in [2.05, 4.69) is 23.1 Å². The summed E-state index contributed by atoms with van der Waals surface area (Å²) in [6.45, 7) is 5.44. The molecule has 2 N–H and O–H groups in total. The van der Waals surface area contributed by atoms with Gasteiger partial charge in [-0.1, -0.05) is 6.42 Å². The van der Waals surface area contributed by atoms with Crippen LogP contribution < -0.4 is 5.73 Å². The molecule has 0 spiro atoms. The lowest BCUT2D eigenvalue weighted by molar-refractivity contribution is -0.137. The van der Waals surface area contributed by atoms with E-state index < -0.39 is 0 Å². The molecular formula is C17H28N4O. The van der Waals surface area contributed by atoms with Gasteiger partial charge in [0.2, 0.25) is 5.91 Å². The SMILES string of the molecule is CCn1cc(C2CCN(C(=O)[C@@H]3CCC[C@@H]3CN)CC2)cn1. The van der Waals surface area contributed by atoms with Crippen LogP contribution in [0.25, 0.3) is 0 Å². The van der Waals surface area contributed by atoms with Crippen molar-refractivity contribution in [1.29, 1.82) is 0 Å². The van der Waals surface area contributed by atoms with E-state index in [-0.39, 0.29) is 5.92 Å². The van der Waals surface area contributed by atoms with Gasteiger partial charge >= 0.3 is 0 Å². The number of rotatable bonds is 4. The van der Waals surface area contributed by atoms with Crippen LogP contribution in [0.3, 0.4) is 0 Å². The molecule has 5 nitrogen and oxygen atoms in total. The van der Waals surface area contributed by atoms with E-state index in [4.69, 9.17) is 5.73 Å². The maximum atomic E-state index is 12.7. The highest BCUT2D eigenvalue weighted by Crippen LogP contribution is 2.34. The van der Waals surface area contributed by atoms with Crippen molar-refractivity contribution in [2.45, 2.75) is 51.5 Å². The standard InChI is InChI=1S/C17H28N4O/c1-2-21-12-15(11-19-21)13-6-8-20(9-7-13)17(22)16-5-3-4-14(16)10-18/h11-14,16H,2-10,18H2,1H3/t14-,16-/m1/s1. The first-order valence-electron chi connectivity index (χ1n) is 8.74. The summed E-state index contributed by atoms with van der Waals surface area (Å²) in [7, 11) is 0. The lowest BCUT2D eigenvalue weighted by Crippen LogP contribution is -2.43. The number of carbonyl (C=O) groups is 1. The molecule has 1 aliphatic heterocycles. The van der Waals surface area contributed by atoms with Crippen LogP contribution in [-0.2, 0) is 11.3 Å². The van der Waals surface area contributed by atoms with E-state index in [1.54, 1.807) is 0 Å². The van der Waals surface area contributed by atoms with Gasteiger partial charge in [-0.2, -0.15) is 5.10 Å². The van der Waals surface area contributed by atoms with Gasteiger partial charge in [-0.25, -0.2) is 0 Å². The van der Waals surface area contributed by atoms with Crippen LogP contribution in [0.4, 0.5) is 0 Å². The van der Waals surface area contributed by atoms with E-state index in [9.17, 15) is 4.79 Å². The van der Waals surface area contributed by atoms with Crippen LogP contribution >= 0.6 is 0 Å². The molecule has 1 aromatic heterocycles. The molecule has 122 valence electrons. The van der Waals surface area contributed by atoms with E-state index in [0.717, 1.165) is 51.7 Å². The average molecular weight is 304 g/mol. The van der Waals surface area contributed by atoms with Gasteiger partial charge in [0.25, 0.3) is 0 Å². The van der Waals surface area contributed by atoms with Crippen LogP contribution in [0.15, 0.2) is 12.4 Å². The minimum Gasteiger partial charge on any atom is -0.342 e. The third kappa shape index (κ3) is 3.05. The molecule has 3 rings (SSSR count). The molecule has 22 heavy (non-hydrogen) atoms. The molecule has 2 atom stereocenters. The largest absolute Gasteiger partial charge is 0.342 e. The lowest BCUT2D eigenvalue weighted by atomic mass is 9.89. The van der Waals surface area contributed by atoms with Crippen molar-refractivity contribution in [2.24, 2.45) is 17.6 Å². The van der Waals surface area contributed by atoms with Gasteiger partial charge < -0.3 is 10.6 Å². The number of carbonyl (C=O) groups excluding carboxylic acids is 1. The van der Waals surface area contributed by atoms with Crippen molar-refractivity contribution in [3.63, 3.8) is 0 Å². The molecule has 0 aromatic carbocycles. The zero-order valence-corrected chi connectivity index (χ0v) is 13.6. The van der Waals surface area contributed by atoms with E-state index in [0.29, 0.717) is 24.3 Å².